The Morgan fingerprint density at radius 1 is 1.16 bits per heavy atom. The van der Waals surface area contributed by atoms with E-state index in [4.69, 9.17) is 0 Å². The lowest BCUT2D eigenvalue weighted by molar-refractivity contribution is -0.140. The number of amides is 1. The van der Waals surface area contributed by atoms with Gasteiger partial charge in [0, 0.05) is 37.2 Å². The van der Waals surface area contributed by atoms with E-state index in [1.54, 1.807) is 0 Å². The van der Waals surface area contributed by atoms with Gasteiger partial charge >= 0.3 is 0 Å². The highest BCUT2D eigenvalue weighted by atomic mass is 79.9. The molecule has 2 saturated heterocycles. The molecule has 1 aromatic carbocycles. The minimum Gasteiger partial charge on any atom is -0.342 e. The minimum absolute atomic E-state index is 0.244. The Labute approximate surface area is 122 Å². The van der Waals surface area contributed by atoms with Crippen LogP contribution in [0.15, 0.2) is 28.7 Å². The summed E-state index contributed by atoms with van der Waals surface area (Å²) < 4.78 is 1.11. The number of carbonyl (C=O) groups is 1. The predicted octanol–water partition coefficient (Wildman–Crippen LogP) is 2.50. The standard InChI is InChI=1S/C15H19BrN2O/c16-14-5-3-12(4-6-14)9-17-10-13(11-17)15(19)18-7-1-2-8-18/h3-6,13H,1-2,7-11H2. The second-order valence-electron chi connectivity index (χ2n) is 5.55. The van der Waals surface area contributed by atoms with Crippen molar-refractivity contribution in [1.82, 2.24) is 9.80 Å². The van der Waals surface area contributed by atoms with Gasteiger partial charge in [0.2, 0.25) is 5.91 Å². The molecule has 2 heterocycles. The number of hydrogen-bond acceptors (Lipinski definition) is 2. The van der Waals surface area contributed by atoms with E-state index in [1.807, 2.05) is 4.90 Å². The first-order valence-electron chi connectivity index (χ1n) is 6.98. The zero-order chi connectivity index (χ0) is 13.2. The summed E-state index contributed by atoms with van der Waals surface area (Å²) in [5.74, 6) is 0.623. The number of carbonyl (C=O) groups excluding carboxylic acids is 1. The normalized spacial score (nSPS) is 20.6. The van der Waals surface area contributed by atoms with E-state index in [9.17, 15) is 4.79 Å². The highest BCUT2D eigenvalue weighted by Crippen LogP contribution is 2.23. The zero-order valence-corrected chi connectivity index (χ0v) is 12.6. The van der Waals surface area contributed by atoms with Crippen molar-refractivity contribution in [2.45, 2.75) is 19.4 Å². The van der Waals surface area contributed by atoms with Gasteiger partial charge in [0.1, 0.15) is 0 Å². The summed E-state index contributed by atoms with van der Waals surface area (Å²) in [6.07, 6.45) is 2.36. The maximum Gasteiger partial charge on any atom is 0.228 e. The summed E-state index contributed by atoms with van der Waals surface area (Å²) in [6, 6.07) is 8.42. The topological polar surface area (TPSA) is 23.6 Å². The molecule has 0 saturated carbocycles. The van der Waals surface area contributed by atoms with Crippen molar-refractivity contribution in [1.29, 1.82) is 0 Å². The van der Waals surface area contributed by atoms with Crippen molar-refractivity contribution >= 4 is 21.8 Å². The van der Waals surface area contributed by atoms with Gasteiger partial charge in [0.15, 0.2) is 0 Å². The van der Waals surface area contributed by atoms with Crippen LogP contribution in [-0.4, -0.2) is 41.9 Å². The first-order valence-corrected chi connectivity index (χ1v) is 7.77. The van der Waals surface area contributed by atoms with Crippen molar-refractivity contribution < 1.29 is 4.79 Å². The van der Waals surface area contributed by atoms with Crippen LogP contribution in [0.4, 0.5) is 0 Å². The van der Waals surface area contributed by atoms with Crippen LogP contribution in [0.3, 0.4) is 0 Å². The molecular formula is C15H19BrN2O. The smallest absolute Gasteiger partial charge is 0.228 e. The van der Waals surface area contributed by atoms with E-state index in [0.717, 1.165) is 37.2 Å². The molecule has 0 aromatic heterocycles. The third kappa shape index (κ3) is 3.00. The lowest BCUT2D eigenvalue weighted by Crippen LogP contribution is -2.53. The number of likely N-dealkylation sites (tertiary alicyclic amines) is 2. The summed E-state index contributed by atoms with van der Waals surface area (Å²) >= 11 is 3.45. The maximum absolute atomic E-state index is 12.2. The van der Waals surface area contributed by atoms with Crippen LogP contribution in [0, 0.1) is 5.92 Å². The Morgan fingerprint density at radius 3 is 2.42 bits per heavy atom. The molecule has 0 unspecified atom stereocenters. The predicted molar refractivity (Wildman–Crippen MR) is 78.7 cm³/mol. The fourth-order valence-corrected chi connectivity index (χ4v) is 3.16. The highest BCUT2D eigenvalue weighted by Gasteiger charge is 2.35. The lowest BCUT2D eigenvalue weighted by atomic mass is 9.97. The van der Waals surface area contributed by atoms with Crippen LogP contribution in [0.2, 0.25) is 0 Å². The number of nitrogens with zero attached hydrogens (tertiary/aromatic N) is 2. The van der Waals surface area contributed by atoms with E-state index < -0.39 is 0 Å². The van der Waals surface area contributed by atoms with E-state index >= 15 is 0 Å². The molecule has 1 aromatic rings. The van der Waals surface area contributed by atoms with Crippen molar-refractivity contribution in [3.05, 3.63) is 34.3 Å². The van der Waals surface area contributed by atoms with Gasteiger partial charge in [-0.25, -0.2) is 0 Å². The van der Waals surface area contributed by atoms with Crippen LogP contribution >= 0.6 is 15.9 Å². The monoisotopic (exact) mass is 322 g/mol. The summed E-state index contributed by atoms with van der Waals surface area (Å²) in [7, 11) is 0. The number of hydrogen-bond donors (Lipinski definition) is 0. The fourth-order valence-electron chi connectivity index (χ4n) is 2.90. The van der Waals surface area contributed by atoms with Crippen molar-refractivity contribution in [3.8, 4) is 0 Å². The third-order valence-corrected chi connectivity index (χ3v) is 4.57. The third-order valence-electron chi connectivity index (χ3n) is 4.04. The van der Waals surface area contributed by atoms with E-state index in [-0.39, 0.29) is 5.92 Å². The average molecular weight is 323 g/mol. The highest BCUT2D eigenvalue weighted by molar-refractivity contribution is 9.10. The van der Waals surface area contributed by atoms with Crippen LogP contribution in [0.25, 0.3) is 0 Å². The molecule has 0 bridgehead atoms. The van der Waals surface area contributed by atoms with E-state index in [1.165, 1.54) is 18.4 Å². The molecule has 19 heavy (non-hydrogen) atoms. The summed E-state index contributed by atoms with van der Waals surface area (Å²) in [5.41, 5.74) is 1.32. The van der Waals surface area contributed by atoms with Crippen molar-refractivity contribution in [2.75, 3.05) is 26.2 Å². The molecule has 2 fully saturated rings. The van der Waals surface area contributed by atoms with Crippen molar-refractivity contribution in [2.24, 2.45) is 5.92 Å². The average Bonchev–Trinajstić information content (AvgIpc) is 2.88. The minimum atomic E-state index is 0.244. The molecule has 0 N–H and O–H groups in total. The van der Waals surface area contributed by atoms with Crippen LogP contribution < -0.4 is 0 Å². The first kappa shape index (κ1) is 13.1. The summed E-state index contributed by atoms with van der Waals surface area (Å²) in [4.78, 5) is 16.6. The number of halogens is 1. The molecule has 1 amide bonds. The summed E-state index contributed by atoms with van der Waals surface area (Å²) in [6.45, 7) is 4.75. The van der Waals surface area contributed by atoms with Gasteiger partial charge in [-0.3, -0.25) is 9.69 Å². The van der Waals surface area contributed by atoms with Gasteiger partial charge in [-0.15, -0.1) is 0 Å². The molecule has 0 atom stereocenters. The van der Waals surface area contributed by atoms with E-state index in [0.29, 0.717) is 5.91 Å². The Hall–Kier alpha value is -0.870. The molecule has 3 rings (SSSR count). The van der Waals surface area contributed by atoms with Gasteiger partial charge < -0.3 is 4.90 Å². The molecule has 4 heteroatoms. The van der Waals surface area contributed by atoms with Crippen LogP contribution in [0.1, 0.15) is 18.4 Å². The number of benzene rings is 1. The molecule has 0 spiro atoms. The fraction of sp³-hybridized carbons (Fsp3) is 0.533. The lowest BCUT2D eigenvalue weighted by Gasteiger charge is -2.40. The molecule has 102 valence electrons. The second kappa shape index (κ2) is 5.63. The van der Waals surface area contributed by atoms with Crippen LogP contribution in [0.5, 0.6) is 0 Å². The summed E-state index contributed by atoms with van der Waals surface area (Å²) in [5, 5.41) is 0. The Balaban J connectivity index is 1.47. The van der Waals surface area contributed by atoms with Gasteiger partial charge in [0.25, 0.3) is 0 Å². The van der Waals surface area contributed by atoms with Gasteiger partial charge in [-0.05, 0) is 30.5 Å². The van der Waals surface area contributed by atoms with Crippen molar-refractivity contribution in [3.63, 3.8) is 0 Å². The van der Waals surface area contributed by atoms with Gasteiger partial charge in [0.05, 0.1) is 5.92 Å². The SMILES string of the molecule is O=C(C1CN(Cc2ccc(Br)cc2)C1)N1CCCC1. The van der Waals surface area contributed by atoms with Gasteiger partial charge in [-0.2, -0.15) is 0 Å². The Bertz CT molecular complexity index is 448. The quantitative estimate of drug-likeness (QED) is 0.853. The molecule has 3 nitrogen and oxygen atoms in total. The molecule has 2 aliphatic rings. The second-order valence-corrected chi connectivity index (χ2v) is 6.47. The Morgan fingerprint density at radius 2 is 1.79 bits per heavy atom. The zero-order valence-electron chi connectivity index (χ0n) is 11.0. The van der Waals surface area contributed by atoms with Gasteiger partial charge in [-0.1, -0.05) is 28.1 Å². The molecule has 0 radical (unpaired) electrons. The number of rotatable bonds is 3. The molecule has 2 aliphatic heterocycles. The molecular weight excluding hydrogens is 304 g/mol. The maximum atomic E-state index is 12.2. The first-order chi connectivity index (χ1) is 9.22. The van der Waals surface area contributed by atoms with Crippen LogP contribution in [-0.2, 0) is 11.3 Å². The molecule has 0 aliphatic carbocycles. The largest absolute Gasteiger partial charge is 0.342 e. The Kier molecular flexibility index (Phi) is 3.89. The van der Waals surface area contributed by atoms with E-state index in [2.05, 4.69) is 45.1 Å².